The number of aromatic nitrogens is 5. The number of rotatable bonds is 7. The predicted molar refractivity (Wildman–Crippen MR) is 92.6 cm³/mol. The van der Waals surface area contributed by atoms with Crippen molar-refractivity contribution in [3.63, 3.8) is 0 Å². The summed E-state index contributed by atoms with van der Waals surface area (Å²) < 4.78 is 6.72. The maximum absolute atomic E-state index is 12.2. The Morgan fingerprint density at radius 3 is 2.88 bits per heavy atom. The van der Waals surface area contributed by atoms with E-state index in [1.165, 1.54) is 16.0 Å². The van der Waals surface area contributed by atoms with Gasteiger partial charge in [0.25, 0.3) is 5.88 Å². The first-order valence-corrected chi connectivity index (χ1v) is 9.18. The predicted octanol–water partition coefficient (Wildman–Crippen LogP) is 2.69. The van der Waals surface area contributed by atoms with Gasteiger partial charge in [0.2, 0.25) is 0 Å². The summed E-state index contributed by atoms with van der Waals surface area (Å²) in [6.07, 6.45) is 1.91. The molecule has 126 valence electrons. The molecule has 0 bridgehead atoms. The molecule has 7 nitrogen and oxygen atoms in total. The summed E-state index contributed by atoms with van der Waals surface area (Å²) in [5, 5.41) is 11.5. The van der Waals surface area contributed by atoms with E-state index in [0.717, 1.165) is 26.3 Å². The van der Waals surface area contributed by atoms with E-state index >= 15 is 0 Å². The normalized spacial score (nSPS) is 11.0. The van der Waals surface area contributed by atoms with Gasteiger partial charge in [0.1, 0.15) is 11.6 Å². The number of Topliss-reactive ketones (excluding diaryl/α,β-unsaturated/α-hetero) is 1. The van der Waals surface area contributed by atoms with Crippen LogP contribution in [0.15, 0.2) is 11.6 Å². The van der Waals surface area contributed by atoms with Crippen molar-refractivity contribution in [2.45, 2.75) is 33.7 Å². The molecule has 0 amide bonds. The van der Waals surface area contributed by atoms with Gasteiger partial charge in [-0.15, -0.1) is 22.7 Å². The zero-order chi connectivity index (χ0) is 17.1. The SMILES string of the molecule is CCOc1cn(CC(=O)Cc2nc(-c3sc(C)nc3C)cs2)nn1. The van der Waals surface area contributed by atoms with Crippen LogP contribution >= 0.6 is 22.7 Å². The van der Waals surface area contributed by atoms with Crippen molar-refractivity contribution in [1.29, 1.82) is 0 Å². The van der Waals surface area contributed by atoms with Gasteiger partial charge in [0, 0.05) is 5.38 Å². The average molecular weight is 363 g/mol. The third-order valence-electron chi connectivity index (χ3n) is 3.18. The van der Waals surface area contributed by atoms with E-state index < -0.39 is 0 Å². The summed E-state index contributed by atoms with van der Waals surface area (Å²) in [6.45, 7) is 6.51. The number of hydrogen-bond donors (Lipinski definition) is 0. The van der Waals surface area contributed by atoms with Crippen LogP contribution in [0, 0.1) is 13.8 Å². The first-order chi connectivity index (χ1) is 11.5. The second-order valence-corrected chi connectivity index (χ2v) is 7.32. The van der Waals surface area contributed by atoms with E-state index in [4.69, 9.17) is 4.74 Å². The highest BCUT2D eigenvalue weighted by molar-refractivity contribution is 7.16. The molecule has 0 aliphatic heterocycles. The number of nitrogens with zero attached hydrogens (tertiary/aromatic N) is 5. The molecule has 0 spiro atoms. The summed E-state index contributed by atoms with van der Waals surface area (Å²) in [5.74, 6) is 0.457. The minimum atomic E-state index is 0.0288. The lowest BCUT2D eigenvalue weighted by Crippen LogP contribution is -2.13. The molecule has 3 rings (SSSR count). The van der Waals surface area contributed by atoms with Gasteiger partial charge >= 0.3 is 0 Å². The minimum Gasteiger partial charge on any atom is -0.476 e. The molecule has 3 aromatic heterocycles. The fourth-order valence-corrected chi connectivity index (χ4v) is 4.01. The van der Waals surface area contributed by atoms with Gasteiger partial charge in [-0.2, -0.15) is 0 Å². The van der Waals surface area contributed by atoms with Crippen LogP contribution in [0.5, 0.6) is 5.88 Å². The number of aryl methyl sites for hydroxylation is 2. The number of ether oxygens (including phenoxy) is 1. The van der Waals surface area contributed by atoms with Crippen molar-refractivity contribution >= 4 is 28.5 Å². The van der Waals surface area contributed by atoms with Crippen molar-refractivity contribution in [2.75, 3.05) is 6.61 Å². The zero-order valence-corrected chi connectivity index (χ0v) is 15.3. The Hall–Kier alpha value is -2.13. The Morgan fingerprint density at radius 2 is 2.17 bits per heavy atom. The second kappa shape index (κ2) is 7.18. The van der Waals surface area contributed by atoms with E-state index in [2.05, 4.69) is 20.3 Å². The lowest BCUT2D eigenvalue weighted by molar-refractivity contribution is -0.119. The third kappa shape index (κ3) is 3.85. The van der Waals surface area contributed by atoms with Gasteiger partial charge in [0.05, 0.1) is 40.5 Å². The van der Waals surface area contributed by atoms with Crippen LogP contribution in [0.1, 0.15) is 22.6 Å². The van der Waals surface area contributed by atoms with E-state index in [1.807, 2.05) is 26.2 Å². The highest BCUT2D eigenvalue weighted by Gasteiger charge is 2.14. The number of ketones is 1. The number of hydrogen-bond acceptors (Lipinski definition) is 8. The van der Waals surface area contributed by atoms with Crippen LogP contribution in [-0.2, 0) is 17.8 Å². The van der Waals surface area contributed by atoms with Gasteiger partial charge in [-0.05, 0) is 20.8 Å². The summed E-state index contributed by atoms with van der Waals surface area (Å²) >= 11 is 3.11. The molecule has 0 unspecified atom stereocenters. The molecule has 3 aromatic rings. The van der Waals surface area contributed by atoms with Crippen LogP contribution in [0.25, 0.3) is 10.6 Å². The largest absolute Gasteiger partial charge is 0.476 e. The van der Waals surface area contributed by atoms with Gasteiger partial charge in [-0.3, -0.25) is 4.79 Å². The molecule has 0 N–H and O–H groups in total. The molecule has 0 aliphatic rings. The van der Waals surface area contributed by atoms with Crippen LogP contribution in [-0.4, -0.2) is 37.4 Å². The summed E-state index contributed by atoms with van der Waals surface area (Å²) in [7, 11) is 0. The summed E-state index contributed by atoms with van der Waals surface area (Å²) in [6, 6.07) is 0. The van der Waals surface area contributed by atoms with Gasteiger partial charge in [0.15, 0.2) is 5.78 Å². The fraction of sp³-hybridized carbons (Fsp3) is 0.400. The van der Waals surface area contributed by atoms with E-state index in [-0.39, 0.29) is 18.7 Å². The summed E-state index contributed by atoms with van der Waals surface area (Å²) in [5.41, 5.74) is 1.87. The molecular formula is C15H17N5O2S2. The molecule has 0 saturated carbocycles. The van der Waals surface area contributed by atoms with Crippen molar-refractivity contribution in [2.24, 2.45) is 0 Å². The van der Waals surface area contributed by atoms with Gasteiger partial charge in [-0.1, -0.05) is 10.3 Å². The highest BCUT2D eigenvalue weighted by Crippen LogP contribution is 2.30. The van der Waals surface area contributed by atoms with Crippen LogP contribution in [0.4, 0.5) is 0 Å². The highest BCUT2D eigenvalue weighted by atomic mass is 32.1. The van der Waals surface area contributed by atoms with Crippen LogP contribution in [0.3, 0.4) is 0 Å². The average Bonchev–Trinajstić information content (AvgIpc) is 3.21. The molecular weight excluding hydrogens is 346 g/mol. The van der Waals surface area contributed by atoms with Crippen molar-refractivity contribution in [1.82, 2.24) is 25.0 Å². The van der Waals surface area contributed by atoms with Crippen molar-refractivity contribution in [3.8, 4) is 16.5 Å². The Balaban J connectivity index is 1.63. The molecule has 0 saturated heterocycles. The monoisotopic (exact) mass is 363 g/mol. The molecule has 3 heterocycles. The molecule has 0 aromatic carbocycles. The zero-order valence-electron chi connectivity index (χ0n) is 13.6. The lowest BCUT2D eigenvalue weighted by Gasteiger charge is -1.98. The van der Waals surface area contributed by atoms with Crippen molar-refractivity contribution < 1.29 is 9.53 Å². The van der Waals surface area contributed by atoms with Crippen LogP contribution < -0.4 is 4.74 Å². The maximum Gasteiger partial charge on any atom is 0.253 e. The molecule has 0 fully saturated rings. The Bertz CT molecular complexity index is 852. The lowest BCUT2D eigenvalue weighted by atomic mass is 10.3. The molecule has 0 atom stereocenters. The standard InChI is InChI=1S/C15H17N5O2S2/c1-4-22-13-7-20(19-18-13)6-11(21)5-14-17-12(8-23-14)15-9(2)16-10(3)24-15/h7-8H,4-6H2,1-3H3. The molecule has 24 heavy (non-hydrogen) atoms. The van der Waals surface area contributed by atoms with E-state index in [0.29, 0.717) is 12.5 Å². The van der Waals surface area contributed by atoms with Crippen molar-refractivity contribution in [3.05, 3.63) is 27.3 Å². The molecule has 0 aliphatic carbocycles. The fourth-order valence-electron chi connectivity index (χ4n) is 2.24. The van der Waals surface area contributed by atoms with Gasteiger partial charge < -0.3 is 4.74 Å². The molecule has 0 radical (unpaired) electrons. The Kier molecular flexibility index (Phi) is 5.00. The van der Waals surface area contributed by atoms with Gasteiger partial charge in [-0.25, -0.2) is 14.6 Å². The van der Waals surface area contributed by atoms with Crippen LogP contribution in [0.2, 0.25) is 0 Å². The number of carbonyl (C=O) groups is 1. The third-order valence-corrected chi connectivity index (χ3v) is 5.13. The summed E-state index contributed by atoms with van der Waals surface area (Å²) in [4.78, 5) is 22.2. The topological polar surface area (TPSA) is 82.8 Å². The quantitative estimate of drug-likeness (QED) is 0.642. The second-order valence-electron chi connectivity index (χ2n) is 5.18. The Morgan fingerprint density at radius 1 is 1.33 bits per heavy atom. The maximum atomic E-state index is 12.2. The van der Waals surface area contributed by atoms with E-state index in [1.54, 1.807) is 17.5 Å². The molecule has 9 heteroatoms. The Labute approximate surface area is 147 Å². The number of thiazole rings is 2. The minimum absolute atomic E-state index is 0.0288. The number of carbonyl (C=O) groups excluding carboxylic acids is 1. The van der Waals surface area contributed by atoms with E-state index in [9.17, 15) is 4.79 Å². The smallest absolute Gasteiger partial charge is 0.253 e. The first-order valence-electron chi connectivity index (χ1n) is 7.48. The first kappa shape index (κ1) is 16.7.